The lowest BCUT2D eigenvalue weighted by atomic mass is 9.95. The van der Waals surface area contributed by atoms with Crippen LogP contribution >= 0.6 is 0 Å². The van der Waals surface area contributed by atoms with Gasteiger partial charge in [0.1, 0.15) is 11.5 Å². The van der Waals surface area contributed by atoms with Crippen LogP contribution in [0.5, 0.6) is 5.75 Å². The molecule has 1 saturated heterocycles. The van der Waals surface area contributed by atoms with Crippen molar-refractivity contribution in [3.05, 3.63) is 45.0 Å². The molecule has 1 aromatic carbocycles. The molecule has 0 spiro atoms. The summed E-state index contributed by atoms with van der Waals surface area (Å²) in [5, 5.41) is 12.5. The van der Waals surface area contributed by atoms with Crippen LogP contribution in [-0.4, -0.2) is 32.9 Å². The Morgan fingerprint density at radius 2 is 1.97 bits per heavy atom. The molecule has 3 aliphatic rings. The van der Waals surface area contributed by atoms with E-state index >= 15 is 0 Å². The highest BCUT2D eigenvalue weighted by molar-refractivity contribution is 6.74. The van der Waals surface area contributed by atoms with Crippen molar-refractivity contribution in [2.75, 3.05) is 13.2 Å². The molecule has 1 aliphatic carbocycles. The lowest BCUT2D eigenvalue weighted by Crippen LogP contribution is -2.40. The second-order valence-corrected chi connectivity index (χ2v) is 14.5. The zero-order valence-electron chi connectivity index (χ0n) is 18.4. The molecule has 0 radical (unpaired) electrons. The van der Waals surface area contributed by atoms with Crippen LogP contribution in [0.25, 0.3) is 17.7 Å². The third-order valence-corrected chi connectivity index (χ3v) is 10.9. The predicted octanol–water partition coefficient (Wildman–Crippen LogP) is 3.75. The van der Waals surface area contributed by atoms with E-state index in [2.05, 4.69) is 65.1 Å². The van der Waals surface area contributed by atoms with Crippen molar-refractivity contribution in [3.8, 4) is 5.75 Å². The molecular formula is C24H32O4Si. The molecule has 5 heteroatoms. The van der Waals surface area contributed by atoms with E-state index in [9.17, 15) is 5.11 Å². The molecule has 156 valence electrons. The van der Waals surface area contributed by atoms with Gasteiger partial charge in [-0.25, -0.2) is 0 Å². The van der Waals surface area contributed by atoms with Crippen LogP contribution < -0.4 is 15.2 Å². The third kappa shape index (κ3) is 3.72. The van der Waals surface area contributed by atoms with Gasteiger partial charge in [-0.1, -0.05) is 32.9 Å². The molecule has 1 N–H and O–H groups in total. The molecule has 1 unspecified atom stereocenters. The minimum Gasteiger partial charge on any atom is -0.543 e. The van der Waals surface area contributed by atoms with Crippen molar-refractivity contribution in [2.45, 2.75) is 65.0 Å². The van der Waals surface area contributed by atoms with E-state index in [-0.39, 0.29) is 5.04 Å². The van der Waals surface area contributed by atoms with Gasteiger partial charge in [0.2, 0.25) is 8.32 Å². The van der Waals surface area contributed by atoms with Gasteiger partial charge in [-0.3, -0.25) is 0 Å². The number of benzene rings is 1. The number of fused-ring (bicyclic) bond motifs is 4. The van der Waals surface area contributed by atoms with E-state index in [1.807, 2.05) is 0 Å². The van der Waals surface area contributed by atoms with Gasteiger partial charge in [0.05, 0.1) is 13.2 Å². The van der Waals surface area contributed by atoms with Crippen LogP contribution in [0.1, 0.15) is 44.7 Å². The van der Waals surface area contributed by atoms with Gasteiger partial charge in [-0.15, -0.1) is 0 Å². The summed E-state index contributed by atoms with van der Waals surface area (Å²) >= 11 is 0. The van der Waals surface area contributed by atoms with Gasteiger partial charge in [-0.2, -0.15) is 0 Å². The lowest BCUT2D eigenvalue weighted by molar-refractivity contribution is -0.0918. The molecule has 29 heavy (non-hydrogen) atoms. The van der Waals surface area contributed by atoms with E-state index in [1.54, 1.807) is 0 Å². The van der Waals surface area contributed by atoms with Crippen molar-refractivity contribution in [1.29, 1.82) is 0 Å². The number of aryl methyl sites for hydroxylation is 1. The first kappa shape index (κ1) is 20.4. The fourth-order valence-electron chi connectivity index (χ4n) is 3.89. The van der Waals surface area contributed by atoms with E-state index in [0.29, 0.717) is 19.6 Å². The summed E-state index contributed by atoms with van der Waals surface area (Å²) < 4.78 is 18.5. The van der Waals surface area contributed by atoms with Crippen LogP contribution in [0, 0.1) is 6.92 Å². The molecular weight excluding hydrogens is 380 g/mol. The average molecular weight is 413 g/mol. The molecule has 0 amide bonds. The summed E-state index contributed by atoms with van der Waals surface area (Å²) in [4.78, 5) is 0. The zero-order valence-corrected chi connectivity index (χ0v) is 19.4. The minimum absolute atomic E-state index is 0.0974. The van der Waals surface area contributed by atoms with Crippen LogP contribution in [0.2, 0.25) is 18.1 Å². The Kier molecular flexibility index (Phi) is 5.04. The normalized spacial score (nSPS) is 21.5. The number of allylic oxidation sites excluding steroid dienone is 1. The van der Waals surface area contributed by atoms with Crippen LogP contribution in [0.4, 0.5) is 0 Å². The van der Waals surface area contributed by atoms with Crippen LogP contribution in [0.15, 0.2) is 23.5 Å². The highest BCUT2D eigenvalue weighted by atomic mass is 28.4. The maximum absolute atomic E-state index is 10.1. The lowest BCUT2D eigenvalue weighted by Gasteiger charge is -2.37. The summed E-state index contributed by atoms with van der Waals surface area (Å²) in [6, 6.07) is 2.23. The Hall–Kier alpha value is -1.82. The van der Waals surface area contributed by atoms with E-state index in [1.165, 1.54) is 10.8 Å². The Bertz CT molecular complexity index is 1020. The summed E-state index contributed by atoms with van der Waals surface area (Å²) in [5.74, 6) is 1.80. The molecule has 4 nitrogen and oxygen atoms in total. The molecule has 2 aliphatic heterocycles. The maximum atomic E-state index is 10.1. The second kappa shape index (κ2) is 7.15. The first-order valence-corrected chi connectivity index (χ1v) is 13.4. The first-order valence-electron chi connectivity index (χ1n) is 10.5. The van der Waals surface area contributed by atoms with Crippen LogP contribution in [-0.2, 0) is 9.16 Å². The summed E-state index contributed by atoms with van der Waals surface area (Å²) in [7, 11) is -2.02. The fraction of sp³-hybridized carbons (Fsp3) is 0.500. The van der Waals surface area contributed by atoms with Crippen molar-refractivity contribution >= 4 is 26.0 Å². The number of aliphatic hydroxyl groups is 1. The van der Waals surface area contributed by atoms with E-state index in [0.717, 1.165) is 39.9 Å². The van der Waals surface area contributed by atoms with Gasteiger partial charge in [-0.05, 0) is 59.1 Å². The summed E-state index contributed by atoms with van der Waals surface area (Å²) in [6.07, 6.45) is 7.13. The quantitative estimate of drug-likeness (QED) is 0.752. The van der Waals surface area contributed by atoms with Crippen molar-refractivity contribution in [3.63, 3.8) is 0 Å². The molecule has 1 atom stereocenters. The predicted molar refractivity (Wildman–Crippen MR) is 119 cm³/mol. The maximum Gasteiger partial charge on any atom is 0.250 e. The van der Waals surface area contributed by atoms with Crippen LogP contribution in [0.3, 0.4) is 0 Å². The molecule has 0 saturated carbocycles. The van der Waals surface area contributed by atoms with Crippen molar-refractivity contribution in [1.82, 2.24) is 0 Å². The smallest absolute Gasteiger partial charge is 0.250 e. The Balaban J connectivity index is 1.95. The Morgan fingerprint density at radius 3 is 2.69 bits per heavy atom. The first-order chi connectivity index (χ1) is 13.6. The van der Waals surface area contributed by atoms with Gasteiger partial charge < -0.3 is 19.0 Å². The topological polar surface area (TPSA) is 47.9 Å². The number of hydrogen-bond donors (Lipinski definition) is 1. The second-order valence-electron chi connectivity index (χ2n) is 9.77. The standard InChI is InChI=1S/C24H32O4Si/c1-15-10-19-20(23-18(15)8-7-9-26-23)13-17(28-29(5,6)24(2,3)4)11-16-12-22(25)27-14-21(16)19/h8,10-11,13,22,25H,7,9,12,14H2,1-6H3. The van der Waals surface area contributed by atoms with Gasteiger partial charge in [0, 0.05) is 23.6 Å². The molecule has 2 heterocycles. The van der Waals surface area contributed by atoms with Crippen molar-refractivity contribution in [2.24, 2.45) is 0 Å². The highest BCUT2D eigenvalue weighted by Gasteiger charge is 2.39. The molecule has 0 aromatic heterocycles. The Morgan fingerprint density at radius 1 is 1.21 bits per heavy atom. The number of aliphatic hydroxyl groups excluding tert-OH is 1. The number of hydrogen-bond acceptors (Lipinski definition) is 4. The summed E-state index contributed by atoms with van der Waals surface area (Å²) in [6.45, 7) is 14.5. The minimum atomic E-state index is -2.02. The number of rotatable bonds is 2. The fourth-order valence-corrected chi connectivity index (χ4v) is 4.90. The van der Waals surface area contributed by atoms with E-state index in [4.69, 9.17) is 13.9 Å². The summed E-state index contributed by atoms with van der Waals surface area (Å²) in [5.41, 5.74) is 4.48. The number of ether oxygens (including phenoxy) is 2. The molecule has 1 aromatic rings. The van der Waals surface area contributed by atoms with E-state index < -0.39 is 14.6 Å². The monoisotopic (exact) mass is 412 g/mol. The zero-order chi connectivity index (χ0) is 21.0. The Labute approximate surface area is 174 Å². The SMILES string of the molecule is Cc1cc2c(c3c1=CCCO3)C=C(O[Si](C)(C)C(C)(C)C)C=C1CC(O)OCC=21. The molecule has 0 bridgehead atoms. The van der Waals surface area contributed by atoms with Gasteiger partial charge in [0.15, 0.2) is 6.29 Å². The molecule has 4 rings (SSSR count). The largest absolute Gasteiger partial charge is 0.543 e. The van der Waals surface area contributed by atoms with Gasteiger partial charge in [0.25, 0.3) is 0 Å². The highest BCUT2D eigenvalue weighted by Crippen LogP contribution is 2.39. The molecule has 1 fully saturated rings. The average Bonchev–Trinajstić information content (AvgIpc) is 2.77. The third-order valence-electron chi connectivity index (χ3n) is 6.59. The van der Waals surface area contributed by atoms with Gasteiger partial charge >= 0.3 is 0 Å². The van der Waals surface area contributed by atoms with Crippen molar-refractivity contribution < 1.29 is 19.0 Å².